The van der Waals surface area contributed by atoms with Crippen molar-refractivity contribution >= 4 is 27.5 Å². The normalized spacial score (nSPS) is 11.0. The van der Waals surface area contributed by atoms with Gasteiger partial charge in [0.15, 0.2) is 0 Å². The molecular weight excluding hydrogens is 202 g/mol. The minimum Gasteiger partial charge on any atom is -0.508 e. The number of phenols is 1. The topological polar surface area (TPSA) is 72.0 Å². The number of aromatic hydroxyl groups is 1. The number of aromatic nitrogens is 2. The van der Waals surface area contributed by atoms with Crippen molar-refractivity contribution in [3.8, 4) is 5.75 Å². The fourth-order valence-electron chi connectivity index (χ4n) is 1.85. The molecule has 0 atom stereocenters. The molecular formula is C12H9N3O. The zero-order chi connectivity index (χ0) is 11.1. The lowest BCUT2D eigenvalue weighted by Gasteiger charge is -2.05. The van der Waals surface area contributed by atoms with Crippen LogP contribution < -0.4 is 5.73 Å². The van der Waals surface area contributed by atoms with E-state index in [0.29, 0.717) is 11.2 Å². The van der Waals surface area contributed by atoms with E-state index in [1.165, 1.54) is 0 Å². The molecule has 0 unspecified atom stereocenters. The average molecular weight is 211 g/mol. The van der Waals surface area contributed by atoms with Gasteiger partial charge in [-0.1, -0.05) is 0 Å². The van der Waals surface area contributed by atoms with Crippen molar-refractivity contribution < 1.29 is 5.11 Å². The lowest BCUT2D eigenvalue weighted by Crippen LogP contribution is -1.91. The number of nitrogen functional groups attached to an aromatic ring is 1. The van der Waals surface area contributed by atoms with E-state index < -0.39 is 0 Å². The van der Waals surface area contributed by atoms with Crippen LogP contribution in [0.2, 0.25) is 0 Å². The Kier molecular flexibility index (Phi) is 1.71. The maximum Gasteiger partial charge on any atom is 0.117 e. The van der Waals surface area contributed by atoms with Gasteiger partial charge in [-0.3, -0.25) is 9.97 Å². The SMILES string of the molecule is Nc1ccnc2cnc3cc(O)ccc3c12. The van der Waals surface area contributed by atoms with E-state index >= 15 is 0 Å². The summed E-state index contributed by atoms with van der Waals surface area (Å²) in [6, 6.07) is 6.80. The van der Waals surface area contributed by atoms with Crippen LogP contribution in [0.4, 0.5) is 5.69 Å². The highest BCUT2D eigenvalue weighted by Gasteiger charge is 2.05. The number of hydrogen-bond acceptors (Lipinski definition) is 4. The molecule has 0 amide bonds. The second-order valence-corrected chi connectivity index (χ2v) is 3.62. The molecule has 3 N–H and O–H groups in total. The maximum atomic E-state index is 9.38. The molecule has 78 valence electrons. The maximum absolute atomic E-state index is 9.38. The molecule has 0 radical (unpaired) electrons. The summed E-state index contributed by atoms with van der Waals surface area (Å²) in [5.41, 5.74) is 8.08. The summed E-state index contributed by atoms with van der Waals surface area (Å²) in [5, 5.41) is 11.2. The van der Waals surface area contributed by atoms with Gasteiger partial charge in [-0.15, -0.1) is 0 Å². The Bertz CT molecular complexity index is 694. The zero-order valence-corrected chi connectivity index (χ0v) is 8.38. The molecule has 0 spiro atoms. The van der Waals surface area contributed by atoms with E-state index in [1.54, 1.807) is 36.7 Å². The largest absolute Gasteiger partial charge is 0.508 e. The summed E-state index contributed by atoms with van der Waals surface area (Å²) in [6.45, 7) is 0. The number of rotatable bonds is 0. The molecule has 4 nitrogen and oxygen atoms in total. The van der Waals surface area contributed by atoms with E-state index in [2.05, 4.69) is 9.97 Å². The molecule has 2 heterocycles. The lowest BCUT2D eigenvalue weighted by molar-refractivity contribution is 0.476. The van der Waals surface area contributed by atoms with Gasteiger partial charge in [0.05, 0.1) is 17.2 Å². The fourth-order valence-corrected chi connectivity index (χ4v) is 1.85. The van der Waals surface area contributed by atoms with Gasteiger partial charge in [-0.2, -0.15) is 0 Å². The van der Waals surface area contributed by atoms with Crippen LogP contribution in [-0.2, 0) is 0 Å². The van der Waals surface area contributed by atoms with Gasteiger partial charge in [0.2, 0.25) is 0 Å². The monoisotopic (exact) mass is 211 g/mol. The second-order valence-electron chi connectivity index (χ2n) is 3.62. The second kappa shape index (κ2) is 3.06. The Morgan fingerprint density at radius 3 is 2.81 bits per heavy atom. The van der Waals surface area contributed by atoms with Crippen molar-refractivity contribution in [2.24, 2.45) is 0 Å². The predicted molar refractivity (Wildman–Crippen MR) is 63.1 cm³/mol. The molecule has 0 fully saturated rings. The quantitative estimate of drug-likeness (QED) is 0.558. The Hall–Kier alpha value is -2.36. The minimum atomic E-state index is 0.196. The molecule has 3 aromatic rings. The Labute approximate surface area is 91.4 Å². The Morgan fingerprint density at radius 2 is 1.94 bits per heavy atom. The smallest absolute Gasteiger partial charge is 0.117 e. The van der Waals surface area contributed by atoms with E-state index in [0.717, 1.165) is 16.3 Å². The summed E-state index contributed by atoms with van der Waals surface area (Å²) >= 11 is 0. The third kappa shape index (κ3) is 1.16. The molecule has 0 aliphatic rings. The van der Waals surface area contributed by atoms with Crippen LogP contribution in [0.15, 0.2) is 36.7 Å². The van der Waals surface area contributed by atoms with Gasteiger partial charge in [0, 0.05) is 28.7 Å². The number of hydrogen-bond donors (Lipinski definition) is 2. The van der Waals surface area contributed by atoms with Crippen LogP contribution in [-0.4, -0.2) is 15.1 Å². The number of phenolic OH excluding ortho intramolecular Hbond substituents is 1. The van der Waals surface area contributed by atoms with Crippen molar-refractivity contribution in [2.45, 2.75) is 0 Å². The molecule has 0 aliphatic heterocycles. The van der Waals surface area contributed by atoms with Crippen LogP contribution in [0, 0.1) is 0 Å². The van der Waals surface area contributed by atoms with Crippen molar-refractivity contribution in [1.82, 2.24) is 9.97 Å². The minimum absolute atomic E-state index is 0.196. The van der Waals surface area contributed by atoms with Crippen LogP contribution in [0.1, 0.15) is 0 Å². The van der Waals surface area contributed by atoms with E-state index in [1.807, 2.05) is 0 Å². The molecule has 16 heavy (non-hydrogen) atoms. The van der Waals surface area contributed by atoms with E-state index in [9.17, 15) is 5.11 Å². The number of benzene rings is 1. The number of nitrogens with two attached hydrogens (primary N) is 1. The summed E-state index contributed by atoms with van der Waals surface area (Å²) in [7, 11) is 0. The Balaban J connectivity index is 2.58. The molecule has 0 saturated heterocycles. The highest BCUT2D eigenvalue weighted by molar-refractivity contribution is 6.10. The average Bonchev–Trinajstić information content (AvgIpc) is 2.29. The van der Waals surface area contributed by atoms with Gasteiger partial charge in [0.1, 0.15) is 5.75 Å². The van der Waals surface area contributed by atoms with Crippen LogP contribution >= 0.6 is 0 Å². The van der Waals surface area contributed by atoms with Crippen LogP contribution in [0.3, 0.4) is 0 Å². The highest BCUT2D eigenvalue weighted by Crippen LogP contribution is 2.28. The van der Waals surface area contributed by atoms with Gasteiger partial charge in [0.25, 0.3) is 0 Å². The summed E-state index contributed by atoms with van der Waals surface area (Å²) in [5.74, 6) is 0.196. The number of anilines is 1. The number of fused-ring (bicyclic) bond motifs is 3. The molecule has 0 aliphatic carbocycles. The van der Waals surface area contributed by atoms with Crippen LogP contribution in [0.5, 0.6) is 5.75 Å². The molecule has 0 bridgehead atoms. The van der Waals surface area contributed by atoms with Crippen molar-refractivity contribution in [2.75, 3.05) is 5.73 Å². The van der Waals surface area contributed by atoms with Crippen LogP contribution in [0.25, 0.3) is 21.8 Å². The molecule has 0 saturated carbocycles. The fraction of sp³-hybridized carbons (Fsp3) is 0. The summed E-state index contributed by atoms with van der Waals surface area (Å²) in [6.07, 6.45) is 3.32. The molecule has 1 aromatic carbocycles. The van der Waals surface area contributed by atoms with Gasteiger partial charge < -0.3 is 10.8 Å². The number of pyridine rings is 2. The first-order valence-electron chi connectivity index (χ1n) is 4.87. The lowest BCUT2D eigenvalue weighted by atomic mass is 10.1. The first-order valence-corrected chi connectivity index (χ1v) is 4.87. The van der Waals surface area contributed by atoms with Gasteiger partial charge in [-0.25, -0.2) is 0 Å². The summed E-state index contributed by atoms with van der Waals surface area (Å²) in [4.78, 5) is 8.44. The predicted octanol–water partition coefficient (Wildman–Crippen LogP) is 2.07. The molecule has 3 rings (SSSR count). The van der Waals surface area contributed by atoms with Gasteiger partial charge >= 0.3 is 0 Å². The third-order valence-electron chi connectivity index (χ3n) is 2.59. The van der Waals surface area contributed by atoms with E-state index in [-0.39, 0.29) is 5.75 Å². The van der Waals surface area contributed by atoms with E-state index in [4.69, 9.17) is 5.73 Å². The van der Waals surface area contributed by atoms with Crippen molar-refractivity contribution in [1.29, 1.82) is 0 Å². The first kappa shape index (κ1) is 8.91. The highest BCUT2D eigenvalue weighted by atomic mass is 16.3. The summed E-state index contributed by atoms with van der Waals surface area (Å²) < 4.78 is 0. The van der Waals surface area contributed by atoms with Gasteiger partial charge in [-0.05, 0) is 18.2 Å². The van der Waals surface area contributed by atoms with Crippen molar-refractivity contribution in [3.05, 3.63) is 36.7 Å². The zero-order valence-electron chi connectivity index (χ0n) is 8.38. The standard InChI is InChI=1S/C12H9N3O/c13-9-3-4-14-11-6-15-10-5-7(16)1-2-8(10)12(9)11/h1-6,16H,(H2,13,14). The molecule has 4 heteroatoms. The van der Waals surface area contributed by atoms with Crippen molar-refractivity contribution in [3.63, 3.8) is 0 Å². The number of nitrogens with zero attached hydrogens (tertiary/aromatic N) is 2. The molecule has 2 aromatic heterocycles. The first-order chi connectivity index (χ1) is 7.75. The third-order valence-corrected chi connectivity index (χ3v) is 2.59. The Morgan fingerprint density at radius 1 is 1.06 bits per heavy atom.